The molecular weight excluding hydrogens is 254 g/mol. The Morgan fingerprint density at radius 1 is 1.30 bits per heavy atom. The van der Waals surface area contributed by atoms with Gasteiger partial charge in [-0.15, -0.1) is 0 Å². The highest BCUT2D eigenvalue weighted by Crippen LogP contribution is 2.28. The van der Waals surface area contributed by atoms with Gasteiger partial charge in [0.1, 0.15) is 5.75 Å². The first-order valence-corrected chi connectivity index (χ1v) is 6.60. The highest BCUT2D eigenvalue weighted by atomic mass is 16.5. The second-order valence-corrected chi connectivity index (χ2v) is 4.30. The standard InChI is InChI=1S/C15H17N3O2/c1-3-13-14(10-19)17-18(4-2)15(13)20-12-7-5-11(9-16)6-8-12/h5-8,19H,3-4,10H2,1-2H3. The summed E-state index contributed by atoms with van der Waals surface area (Å²) in [5.41, 5.74) is 2.16. The SMILES string of the molecule is CCc1c(CO)nn(CC)c1Oc1ccc(C#N)cc1. The predicted octanol–water partition coefficient (Wildman–Crippen LogP) is 2.62. The van der Waals surface area contributed by atoms with E-state index in [0.29, 0.717) is 29.4 Å². The number of benzene rings is 1. The van der Waals surface area contributed by atoms with Crippen LogP contribution in [0.1, 0.15) is 30.7 Å². The molecule has 0 aliphatic carbocycles. The molecule has 0 amide bonds. The first-order chi connectivity index (χ1) is 9.73. The molecule has 5 nitrogen and oxygen atoms in total. The third-order valence-electron chi connectivity index (χ3n) is 3.08. The molecule has 5 heteroatoms. The van der Waals surface area contributed by atoms with Crippen molar-refractivity contribution in [1.29, 1.82) is 5.26 Å². The van der Waals surface area contributed by atoms with Crippen LogP contribution in [0.4, 0.5) is 0 Å². The third-order valence-corrected chi connectivity index (χ3v) is 3.08. The maximum atomic E-state index is 9.35. The average molecular weight is 271 g/mol. The Kier molecular flexibility index (Phi) is 4.38. The minimum Gasteiger partial charge on any atom is -0.439 e. The fourth-order valence-corrected chi connectivity index (χ4v) is 2.05. The van der Waals surface area contributed by atoms with Gasteiger partial charge in [0, 0.05) is 12.1 Å². The zero-order valence-electron chi connectivity index (χ0n) is 11.6. The third kappa shape index (κ3) is 2.65. The van der Waals surface area contributed by atoms with Gasteiger partial charge in [-0.3, -0.25) is 0 Å². The van der Waals surface area contributed by atoms with Gasteiger partial charge in [-0.2, -0.15) is 10.4 Å². The van der Waals surface area contributed by atoms with Crippen molar-refractivity contribution in [3.63, 3.8) is 0 Å². The number of ether oxygens (including phenoxy) is 1. The van der Waals surface area contributed by atoms with Crippen LogP contribution in [-0.2, 0) is 19.6 Å². The van der Waals surface area contributed by atoms with E-state index in [0.717, 1.165) is 12.0 Å². The molecule has 0 atom stereocenters. The van der Waals surface area contributed by atoms with E-state index in [9.17, 15) is 5.11 Å². The number of aliphatic hydroxyl groups excluding tert-OH is 1. The summed E-state index contributed by atoms with van der Waals surface area (Å²) in [4.78, 5) is 0. The summed E-state index contributed by atoms with van der Waals surface area (Å²) in [7, 11) is 0. The van der Waals surface area contributed by atoms with Crippen molar-refractivity contribution in [3.05, 3.63) is 41.1 Å². The van der Waals surface area contributed by atoms with Crippen molar-refractivity contribution in [2.45, 2.75) is 33.4 Å². The van der Waals surface area contributed by atoms with Gasteiger partial charge in [0.15, 0.2) is 0 Å². The summed E-state index contributed by atoms with van der Waals surface area (Å²) in [5, 5.41) is 22.5. The average Bonchev–Trinajstić information content (AvgIpc) is 2.84. The lowest BCUT2D eigenvalue weighted by molar-refractivity contribution is 0.274. The molecular formula is C15H17N3O2. The second kappa shape index (κ2) is 6.22. The van der Waals surface area contributed by atoms with Crippen LogP contribution in [0.3, 0.4) is 0 Å². The fourth-order valence-electron chi connectivity index (χ4n) is 2.05. The molecule has 1 aromatic carbocycles. The highest BCUT2D eigenvalue weighted by Gasteiger charge is 2.17. The fraction of sp³-hybridized carbons (Fsp3) is 0.333. The van der Waals surface area contributed by atoms with Crippen molar-refractivity contribution in [2.75, 3.05) is 0 Å². The number of aliphatic hydroxyl groups is 1. The minimum absolute atomic E-state index is 0.0973. The van der Waals surface area contributed by atoms with Crippen LogP contribution in [0.2, 0.25) is 0 Å². The van der Waals surface area contributed by atoms with Gasteiger partial charge in [0.05, 0.1) is 23.9 Å². The number of aromatic nitrogens is 2. The maximum Gasteiger partial charge on any atom is 0.221 e. The quantitative estimate of drug-likeness (QED) is 0.907. The van der Waals surface area contributed by atoms with Gasteiger partial charge in [0.25, 0.3) is 0 Å². The van der Waals surface area contributed by atoms with Crippen LogP contribution in [0, 0.1) is 11.3 Å². The molecule has 0 spiro atoms. The molecule has 0 saturated heterocycles. The van der Waals surface area contributed by atoms with Crippen LogP contribution < -0.4 is 4.74 Å². The van der Waals surface area contributed by atoms with E-state index in [1.54, 1.807) is 28.9 Å². The van der Waals surface area contributed by atoms with E-state index in [2.05, 4.69) is 11.2 Å². The van der Waals surface area contributed by atoms with E-state index in [1.807, 2.05) is 13.8 Å². The topological polar surface area (TPSA) is 71.1 Å². The first-order valence-electron chi connectivity index (χ1n) is 6.60. The Morgan fingerprint density at radius 3 is 2.50 bits per heavy atom. The van der Waals surface area contributed by atoms with E-state index in [1.165, 1.54) is 0 Å². The molecule has 1 aromatic heterocycles. The summed E-state index contributed by atoms with van der Waals surface area (Å²) in [6.07, 6.45) is 0.738. The van der Waals surface area contributed by atoms with Crippen molar-refractivity contribution >= 4 is 0 Å². The molecule has 1 N–H and O–H groups in total. The van der Waals surface area contributed by atoms with Gasteiger partial charge in [-0.05, 0) is 37.6 Å². The number of aryl methyl sites for hydroxylation is 1. The van der Waals surface area contributed by atoms with Crippen molar-refractivity contribution in [2.24, 2.45) is 0 Å². The molecule has 0 radical (unpaired) electrons. The summed E-state index contributed by atoms with van der Waals surface area (Å²) in [6.45, 7) is 4.54. The molecule has 0 unspecified atom stereocenters. The minimum atomic E-state index is -0.0973. The van der Waals surface area contributed by atoms with E-state index < -0.39 is 0 Å². The molecule has 0 aliphatic rings. The normalized spacial score (nSPS) is 10.3. The Bertz CT molecular complexity index is 624. The maximum absolute atomic E-state index is 9.35. The van der Waals surface area contributed by atoms with Gasteiger partial charge >= 0.3 is 0 Å². The molecule has 1 heterocycles. The summed E-state index contributed by atoms with van der Waals surface area (Å²) in [5.74, 6) is 1.31. The van der Waals surface area contributed by atoms with Gasteiger partial charge in [0.2, 0.25) is 5.88 Å². The van der Waals surface area contributed by atoms with Crippen LogP contribution in [0.25, 0.3) is 0 Å². The second-order valence-electron chi connectivity index (χ2n) is 4.30. The number of hydrogen-bond acceptors (Lipinski definition) is 4. The largest absolute Gasteiger partial charge is 0.439 e. The van der Waals surface area contributed by atoms with Gasteiger partial charge < -0.3 is 9.84 Å². The molecule has 0 aliphatic heterocycles. The van der Waals surface area contributed by atoms with Crippen molar-refractivity contribution in [1.82, 2.24) is 9.78 Å². The van der Waals surface area contributed by atoms with Crippen molar-refractivity contribution in [3.8, 4) is 17.7 Å². The number of nitriles is 1. The lowest BCUT2D eigenvalue weighted by Gasteiger charge is -2.09. The summed E-state index contributed by atoms with van der Waals surface area (Å²) < 4.78 is 7.62. The smallest absolute Gasteiger partial charge is 0.221 e. The monoisotopic (exact) mass is 271 g/mol. The van der Waals surface area contributed by atoms with Crippen LogP contribution in [-0.4, -0.2) is 14.9 Å². The zero-order chi connectivity index (χ0) is 14.5. The van der Waals surface area contributed by atoms with Gasteiger partial charge in [-0.1, -0.05) is 6.92 Å². The molecule has 0 fully saturated rings. The van der Waals surface area contributed by atoms with E-state index in [4.69, 9.17) is 10.00 Å². The van der Waals surface area contributed by atoms with E-state index >= 15 is 0 Å². The molecule has 0 bridgehead atoms. The Labute approximate surface area is 118 Å². The summed E-state index contributed by atoms with van der Waals surface area (Å²) >= 11 is 0. The molecule has 104 valence electrons. The van der Waals surface area contributed by atoms with Crippen LogP contribution in [0.15, 0.2) is 24.3 Å². The zero-order valence-corrected chi connectivity index (χ0v) is 11.6. The van der Waals surface area contributed by atoms with Crippen LogP contribution in [0.5, 0.6) is 11.6 Å². The van der Waals surface area contributed by atoms with Crippen molar-refractivity contribution < 1.29 is 9.84 Å². The highest BCUT2D eigenvalue weighted by molar-refractivity contribution is 5.39. The first kappa shape index (κ1) is 14.1. The Hall–Kier alpha value is -2.32. The summed E-state index contributed by atoms with van der Waals surface area (Å²) in [6, 6.07) is 9.00. The number of hydrogen-bond donors (Lipinski definition) is 1. The van der Waals surface area contributed by atoms with Crippen LogP contribution >= 0.6 is 0 Å². The Morgan fingerprint density at radius 2 is 2.00 bits per heavy atom. The lowest BCUT2D eigenvalue weighted by Crippen LogP contribution is -2.00. The molecule has 0 saturated carbocycles. The van der Waals surface area contributed by atoms with E-state index in [-0.39, 0.29) is 6.61 Å². The molecule has 2 rings (SSSR count). The number of nitrogens with zero attached hydrogens (tertiary/aromatic N) is 3. The Balaban J connectivity index is 2.36. The molecule has 2 aromatic rings. The van der Waals surface area contributed by atoms with Gasteiger partial charge in [-0.25, -0.2) is 4.68 Å². The number of rotatable bonds is 5. The lowest BCUT2D eigenvalue weighted by atomic mass is 10.2. The predicted molar refractivity (Wildman–Crippen MR) is 74.4 cm³/mol. The molecule has 20 heavy (non-hydrogen) atoms.